The number of piperidine rings is 1. The van der Waals surface area contributed by atoms with Crippen LogP contribution >= 0.6 is 24.8 Å². The van der Waals surface area contributed by atoms with Crippen LogP contribution in [0.5, 0.6) is 0 Å². The van der Waals surface area contributed by atoms with Crippen molar-refractivity contribution in [2.24, 2.45) is 0 Å². The van der Waals surface area contributed by atoms with Gasteiger partial charge in [0.05, 0.1) is 6.20 Å². The van der Waals surface area contributed by atoms with Gasteiger partial charge in [0.2, 0.25) is 5.91 Å². The number of nitrogens with one attached hydrogen (secondary N) is 2. The smallest absolute Gasteiger partial charge is 0.220 e. The molecule has 1 amide bonds. The molecule has 0 saturated carbocycles. The average molecular weight is 386 g/mol. The number of hydrogen-bond donors (Lipinski definition) is 2. The van der Waals surface area contributed by atoms with Crippen molar-refractivity contribution in [1.82, 2.24) is 15.6 Å². The minimum atomic E-state index is 0. The summed E-state index contributed by atoms with van der Waals surface area (Å²) in [6.45, 7) is 4.01. The summed E-state index contributed by atoms with van der Waals surface area (Å²) in [4.78, 5) is 16.3. The maximum absolute atomic E-state index is 12.0. The number of aromatic nitrogens is 1. The molecule has 25 heavy (non-hydrogen) atoms. The van der Waals surface area contributed by atoms with Crippen LogP contribution in [0.25, 0.3) is 11.3 Å². The van der Waals surface area contributed by atoms with E-state index in [1.165, 1.54) is 5.56 Å². The molecule has 0 bridgehead atoms. The number of amides is 1. The van der Waals surface area contributed by atoms with Crippen LogP contribution in [0.4, 0.5) is 0 Å². The highest BCUT2D eigenvalue weighted by Crippen LogP contribution is 2.21. The third kappa shape index (κ3) is 6.34. The van der Waals surface area contributed by atoms with Crippen molar-refractivity contribution in [2.75, 3.05) is 13.1 Å². The maximum Gasteiger partial charge on any atom is 0.220 e. The number of carbonyl (C=O) groups excluding carboxylic acids is 1. The van der Waals surface area contributed by atoms with Gasteiger partial charge in [-0.2, -0.15) is 0 Å². The monoisotopic (exact) mass is 385 g/mol. The quantitative estimate of drug-likeness (QED) is 0.828. The number of hydrogen-bond acceptors (Lipinski definition) is 4. The van der Waals surface area contributed by atoms with Gasteiger partial charge in [-0.15, -0.1) is 24.8 Å². The molecule has 1 fully saturated rings. The Labute approximate surface area is 160 Å². The molecule has 2 N–H and O–H groups in total. The van der Waals surface area contributed by atoms with Crippen molar-refractivity contribution in [2.45, 2.75) is 38.6 Å². The molecule has 0 aliphatic carbocycles. The number of carbonyl (C=O) groups is 1. The first-order valence-corrected chi connectivity index (χ1v) is 8.22. The van der Waals surface area contributed by atoms with Crippen LogP contribution in [0.1, 0.15) is 30.7 Å². The third-order valence-corrected chi connectivity index (χ3v) is 4.16. The highest BCUT2D eigenvalue weighted by atomic mass is 35.5. The molecule has 5 nitrogen and oxygen atoms in total. The zero-order valence-corrected chi connectivity index (χ0v) is 15.9. The van der Waals surface area contributed by atoms with Crippen LogP contribution in [0, 0.1) is 6.92 Å². The van der Waals surface area contributed by atoms with E-state index in [2.05, 4.69) is 22.5 Å². The molecule has 2 aromatic rings. The van der Waals surface area contributed by atoms with Gasteiger partial charge in [0.15, 0.2) is 11.7 Å². The first-order valence-electron chi connectivity index (χ1n) is 8.22. The van der Waals surface area contributed by atoms with Crippen LogP contribution in [0.15, 0.2) is 34.9 Å². The van der Waals surface area contributed by atoms with E-state index in [1.807, 2.05) is 24.3 Å². The minimum absolute atomic E-state index is 0. The fourth-order valence-corrected chi connectivity index (χ4v) is 2.76. The standard InChI is InChI=1S/C18H23N3O2.2ClH/c1-13-2-4-14(5-3-13)16-12-20-18(23-16)7-6-17(22)21-15-8-10-19-11-9-15;;/h2-5,12,15,19H,6-11H2,1H3,(H,21,22);2*1H. The Kier molecular flexibility index (Phi) is 8.97. The second kappa shape index (κ2) is 10.4. The Balaban J connectivity index is 0.00000156. The molecule has 138 valence electrons. The van der Waals surface area contributed by atoms with E-state index in [0.717, 1.165) is 37.3 Å². The van der Waals surface area contributed by atoms with Crippen molar-refractivity contribution in [3.05, 3.63) is 41.9 Å². The van der Waals surface area contributed by atoms with Crippen LogP contribution in [-0.4, -0.2) is 30.0 Å². The summed E-state index contributed by atoms with van der Waals surface area (Å²) in [7, 11) is 0. The van der Waals surface area contributed by atoms with Gasteiger partial charge in [-0.05, 0) is 32.9 Å². The first-order chi connectivity index (χ1) is 11.2. The number of rotatable bonds is 5. The highest BCUT2D eigenvalue weighted by molar-refractivity contribution is 5.85. The summed E-state index contributed by atoms with van der Waals surface area (Å²) in [6.07, 6.45) is 4.68. The summed E-state index contributed by atoms with van der Waals surface area (Å²) in [5.74, 6) is 1.44. The zero-order chi connectivity index (χ0) is 16.1. The molecule has 3 rings (SSSR count). The number of oxazole rings is 1. The number of halogens is 2. The van der Waals surface area contributed by atoms with E-state index in [0.29, 0.717) is 24.8 Å². The summed E-state index contributed by atoms with van der Waals surface area (Å²) in [5.41, 5.74) is 2.22. The van der Waals surface area contributed by atoms with Gasteiger partial charge >= 0.3 is 0 Å². The molecule has 1 aromatic heterocycles. The Morgan fingerprint density at radius 2 is 1.92 bits per heavy atom. The fraction of sp³-hybridized carbons (Fsp3) is 0.444. The van der Waals surface area contributed by atoms with E-state index >= 15 is 0 Å². The molecule has 0 spiro atoms. The topological polar surface area (TPSA) is 67.2 Å². The predicted molar refractivity (Wildman–Crippen MR) is 104 cm³/mol. The van der Waals surface area contributed by atoms with Gasteiger partial charge in [0, 0.05) is 24.4 Å². The molecule has 2 heterocycles. The largest absolute Gasteiger partial charge is 0.441 e. The van der Waals surface area contributed by atoms with Crippen molar-refractivity contribution >= 4 is 30.7 Å². The number of aryl methyl sites for hydroxylation is 2. The molecule has 1 saturated heterocycles. The van der Waals surface area contributed by atoms with Crippen LogP contribution in [0.3, 0.4) is 0 Å². The molecular weight excluding hydrogens is 361 g/mol. The summed E-state index contributed by atoms with van der Waals surface area (Å²) in [5, 5.41) is 6.38. The van der Waals surface area contributed by atoms with Crippen LogP contribution in [0.2, 0.25) is 0 Å². The lowest BCUT2D eigenvalue weighted by atomic mass is 10.1. The second-order valence-electron chi connectivity index (χ2n) is 6.08. The molecule has 0 radical (unpaired) electrons. The van der Waals surface area contributed by atoms with Gasteiger partial charge < -0.3 is 15.1 Å². The average Bonchev–Trinajstić information content (AvgIpc) is 3.04. The Hall–Kier alpha value is -1.56. The Morgan fingerprint density at radius 3 is 2.60 bits per heavy atom. The highest BCUT2D eigenvalue weighted by Gasteiger charge is 2.16. The molecule has 1 aliphatic rings. The van der Waals surface area contributed by atoms with Crippen molar-refractivity contribution in [3.8, 4) is 11.3 Å². The van der Waals surface area contributed by atoms with E-state index in [-0.39, 0.29) is 30.7 Å². The molecule has 7 heteroatoms. The second-order valence-corrected chi connectivity index (χ2v) is 6.08. The SMILES string of the molecule is Cc1ccc(-c2cnc(CCC(=O)NC3CCNCC3)o2)cc1.Cl.Cl. The minimum Gasteiger partial charge on any atom is -0.441 e. The zero-order valence-electron chi connectivity index (χ0n) is 14.3. The lowest BCUT2D eigenvalue weighted by Gasteiger charge is -2.23. The van der Waals surface area contributed by atoms with Gasteiger partial charge in [-0.3, -0.25) is 4.79 Å². The Morgan fingerprint density at radius 1 is 1.24 bits per heavy atom. The normalized spacial score (nSPS) is 14.3. The molecular formula is C18H25Cl2N3O2. The van der Waals surface area contributed by atoms with Gasteiger partial charge in [0.1, 0.15) is 0 Å². The molecule has 1 aromatic carbocycles. The van der Waals surface area contributed by atoms with Crippen molar-refractivity contribution in [1.29, 1.82) is 0 Å². The summed E-state index contributed by atoms with van der Waals surface area (Å²) >= 11 is 0. The summed E-state index contributed by atoms with van der Waals surface area (Å²) < 4.78 is 5.75. The van der Waals surface area contributed by atoms with E-state index < -0.39 is 0 Å². The van der Waals surface area contributed by atoms with E-state index in [4.69, 9.17) is 4.42 Å². The Bertz CT molecular complexity index is 653. The fourth-order valence-electron chi connectivity index (χ4n) is 2.76. The number of benzene rings is 1. The molecule has 0 unspecified atom stereocenters. The molecule has 0 atom stereocenters. The van der Waals surface area contributed by atoms with Gasteiger partial charge in [-0.1, -0.05) is 29.8 Å². The molecule has 1 aliphatic heterocycles. The van der Waals surface area contributed by atoms with Crippen molar-refractivity contribution in [3.63, 3.8) is 0 Å². The lowest BCUT2D eigenvalue weighted by Crippen LogP contribution is -2.42. The van der Waals surface area contributed by atoms with Crippen LogP contribution < -0.4 is 10.6 Å². The van der Waals surface area contributed by atoms with Gasteiger partial charge in [0.25, 0.3) is 0 Å². The summed E-state index contributed by atoms with van der Waals surface area (Å²) in [6, 6.07) is 8.43. The predicted octanol–water partition coefficient (Wildman–Crippen LogP) is 3.29. The van der Waals surface area contributed by atoms with E-state index in [9.17, 15) is 4.79 Å². The van der Waals surface area contributed by atoms with Crippen LogP contribution in [-0.2, 0) is 11.2 Å². The van der Waals surface area contributed by atoms with Gasteiger partial charge in [-0.25, -0.2) is 4.98 Å². The lowest BCUT2D eigenvalue weighted by molar-refractivity contribution is -0.122. The number of nitrogens with zero attached hydrogens (tertiary/aromatic N) is 1. The third-order valence-electron chi connectivity index (χ3n) is 4.16. The maximum atomic E-state index is 12.0. The van der Waals surface area contributed by atoms with Crippen molar-refractivity contribution < 1.29 is 9.21 Å². The van der Waals surface area contributed by atoms with E-state index in [1.54, 1.807) is 6.20 Å². The first kappa shape index (κ1) is 21.5.